The Labute approximate surface area is 214 Å². The van der Waals surface area contributed by atoms with Gasteiger partial charge in [0.25, 0.3) is 11.8 Å². The molecule has 6 heteroatoms. The van der Waals surface area contributed by atoms with Crippen molar-refractivity contribution in [2.45, 2.75) is 19.4 Å². The molecular formula is C29H23Cl2NO3. The van der Waals surface area contributed by atoms with Crippen molar-refractivity contribution < 1.29 is 14.3 Å². The van der Waals surface area contributed by atoms with Gasteiger partial charge >= 0.3 is 0 Å². The summed E-state index contributed by atoms with van der Waals surface area (Å²) in [6, 6.07) is 26.1. The Bertz CT molecular complexity index is 1400. The van der Waals surface area contributed by atoms with E-state index in [2.05, 4.69) is 6.07 Å². The van der Waals surface area contributed by atoms with Crippen molar-refractivity contribution in [2.75, 3.05) is 6.61 Å². The monoisotopic (exact) mass is 503 g/mol. The van der Waals surface area contributed by atoms with E-state index in [1.165, 1.54) is 4.90 Å². The van der Waals surface area contributed by atoms with E-state index in [4.69, 9.17) is 27.9 Å². The second-order valence-electron chi connectivity index (χ2n) is 8.80. The molecule has 4 nitrogen and oxygen atoms in total. The molecule has 176 valence electrons. The van der Waals surface area contributed by atoms with Crippen molar-refractivity contribution >= 4 is 45.8 Å². The van der Waals surface area contributed by atoms with E-state index in [0.29, 0.717) is 34.2 Å². The number of halogens is 2. The lowest BCUT2D eigenvalue weighted by atomic mass is 9.92. The van der Waals surface area contributed by atoms with E-state index >= 15 is 0 Å². The fourth-order valence-electron chi connectivity index (χ4n) is 4.59. The minimum Gasteiger partial charge on any atom is -0.493 e. The summed E-state index contributed by atoms with van der Waals surface area (Å²) < 4.78 is 6.22. The number of carbonyl (C=O) groups excluding carboxylic acids is 2. The van der Waals surface area contributed by atoms with Crippen LogP contribution in [0.5, 0.6) is 5.75 Å². The van der Waals surface area contributed by atoms with Crippen LogP contribution in [0.15, 0.2) is 84.9 Å². The van der Waals surface area contributed by atoms with Gasteiger partial charge in [-0.3, -0.25) is 14.5 Å². The van der Waals surface area contributed by atoms with Gasteiger partial charge in [-0.1, -0.05) is 71.7 Å². The fraction of sp³-hybridized carbons (Fsp3) is 0.172. The Hall–Kier alpha value is -3.34. The molecule has 4 aromatic carbocycles. The number of nitrogens with zero attached hydrogens (tertiary/aromatic N) is 1. The maximum Gasteiger partial charge on any atom is 0.261 e. The van der Waals surface area contributed by atoms with Gasteiger partial charge in [-0.05, 0) is 66.1 Å². The SMILES string of the molecule is CC(C(COc1ccc2ccccc2c1)Cc1ccc(Cl)c(Cl)c1)N1C(=O)c2ccccc2C1=O. The molecule has 0 spiro atoms. The number of amides is 2. The van der Waals surface area contributed by atoms with Crippen LogP contribution in [0, 0.1) is 5.92 Å². The van der Waals surface area contributed by atoms with Gasteiger partial charge in [-0.15, -0.1) is 0 Å². The quantitative estimate of drug-likeness (QED) is 0.253. The Morgan fingerprint density at radius 2 is 1.43 bits per heavy atom. The number of carbonyl (C=O) groups is 2. The lowest BCUT2D eigenvalue weighted by Crippen LogP contribution is -2.45. The predicted molar refractivity (Wildman–Crippen MR) is 140 cm³/mol. The lowest BCUT2D eigenvalue weighted by molar-refractivity contribution is 0.0510. The van der Waals surface area contributed by atoms with Gasteiger partial charge in [0.15, 0.2) is 0 Å². The van der Waals surface area contributed by atoms with Gasteiger partial charge in [0, 0.05) is 12.0 Å². The first-order valence-corrected chi connectivity index (χ1v) is 12.2. The Morgan fingerprint density at radius 1 is 0.771 bits per heavy atom. The summed E-state index contributed by atoms with van der Waals surface area (Å²) in [7, 11) is 0. The summed E-state index contributed by atoms with van der Waals surface area (Å²) in [5.74, 6) is 0.00390. The van der Waals surface area contributed by atoms with Crippen LogP contribution in [0.4, 0.5) is 0 Å². The molecule has 2 atom stereocenters. The molecule has 5 rings (SSSR count). The molecule has 1 aliphatic rings. The molecule has 0 saturated carbocycles. The smallest absolute Gasteiger partial charge is 0.261 e. The van der Waals surface area contributed by atoms with Gasteiger partial charge < -0.3 is 4.74 Å². The Kier molecular flexibility index (Phi) is 6.50. The standard InChI is InChI=1S/C29H23Cl2NO3/c1-18(32-28(33)24-8-4-5-9-25(24)29(32)34)22(14-19-10-13-26(30)27(31)15-19)17-35-23-12-11-20-6-2-3-7-21(20)16-23/h2-13,15-16,18,22H,14,17H2,1H3. The number of hydrogen-bond acceptors (Lipinski definition) is 3. The minimum atomic E-state index is -0.405. The van der Waals surface area contributed by atoms with Crippen LogP contribution in [-0.4, -0.2) is 29.4 Å². The number of hydrogen-bond donors (Lipinski definition) is 0. The molecule has 0 saturated heterocycles. The van der Waals surface area contributed by atoms with Crippen molar-refractivity contribution in [3.05, 3.63) is 112 Å². The maximum absolute atomic E-state index is 13.2. The van der Waals surface area contributed by atoms with E-state index < -0.39 is 6.04 Å². The summed E-state index contributed by atoms with van der Waals surface area (Å²) in [6.07, 6.45) is 0.555. The van der Waals surface area contributed by atoms with Crippen molar-refractivity contribution in [2.24, 2.45) is 5.92 Å². The van der Waals surface area contributed by atoms with E-state index in [9.17, 15) is 9.59 Å². The third kappa shape index (κ3) is 4.64. The number of ether oxygens (including phenoxy) is 1. The summed E-state index contributed by atoms with van der Waals surface area (Å²) in [6.45, 7) is 2.21. The highest BCUT2D eigenvalue weighted by Crippen LogP contribution is 2.31. The third-order valence-electron chi connectivity index (χ3n) is 6.58. The summed E-state index contributed by atoms with van der Waals surface area (Å²) in [5, 5.41) is 3.16. The van der Waals surface area contributed by atoms with Gasteiger partial charge in [0.1, 0.15) is 5.75 Å². The first kappa shape index (κ1) is 23.4. The van der Waals surface area contributed by atoms with Crippen molar-refractivity contribution in [1.82, 2.24) is 4.90 Å². The first-order valence-electron chi connectivity index (χ1n) is 11.4. The molecule has 35 heavy (non-hydrogen) atoms. The predicted octanol–water partition coefficient (Wildman–Crippen LogP) is 7.07. The largest absolute Gasteiger partial charge is 0.493 e. The van der Waals surface area contributed by atoms with E-state index in [0.717, 1.165) is 22.1 Å². The van der Waals surface area contributed by atoms with Crippen molar-refractivity contribution in [3.63, 3.8) is 0 Å². The molecule has 1 aliphatic heterocycles. The second-order valence-corrected chi connectivity index (χ2v) is 9.61. The highest BCUT2D eigenvalue weighted by Gasteiger charge is 2.40. The normalized spacial score (nSPS) is 14.8. The van der Waals surface area contributed by atoms with Gasteiger partial charge in [-0.2, -0.15) is 0 Å². The Balaban J connectivity index is 1.42. The number of imide groups is 1. The van der Waals surface area contributed by atoms with Crippen LogP contribution in [0.3, 0.4) is 0 Å². The molecule has 0 aromatic heterocycles. The van der Waals surface area contributed by atoms with E-state index in [-0.39, 0.29) is 17.7 Å². The van der Waals surface area contributed by atoms with Crippen LogP contribution in [0.2, 0.25) is 10.0 Å². The van der Waals surface area contributed by atoms with E-state index in [1.807, 2.05) is 55.5 Å². The average Bonchev–Trinajstić information content (AvgIpc) is 3.13. The highest BCUT2D eigenvalue weighted by atomic mass is 35.5. The Morgan fingerprint density at radius 3 is 2.11 bits per heavy atom. The molecule has 1 heterocycles. The second kappa shape index (κ2) is 9.73. The first-order chi connectivity index (χ1) is 16.9. The van der Waals surface area contributed by atoms with Gasteiger partial charge in [0.2, 0.25) is 0 Å². The van der Waals surface area contributed by atoms with Crippen LogP contribution in [0.1, 0.15) is 33.2 Å². The summed E-state index contributed by atoms with van der Waals surface area (Å²) in [4.78, 5) is 27.7. The van der Waals surface area contributed by atoms with Crippen molar-refractivity contribution in [1.29, 1.82) is 0 Å². The molecule has 2 amide bonds. The van der Waals surface area contributed by atoms with Gasteiger partial charge in [0.05, 0.1) is 27.8 Å². The maximum atomic E-state index is 13.2. The summed E-state index contributed by atoms with van der Waals surface area (Å²) >= 11 is 12.4. The molecule has 4 aromatic rings. The van der Waals surface area contributed by atoms with Crippen LogP contribution < -0.4 is 4.74 Å². The van der Waals surface area contributed by atoms with Crippen molar-refractivity contribution in [3.8, 4) is 5.75 Å². The third-order valence-corrected chi connectivity index (χ3v) is 7.32. The minimum absolute atomic E-state index is 0.180. The zero-order chi connectivity index (χ0) is 24.5. The molecule has 0 N–H and O–H groups in total. The molecule has 0 radical (unpaired) electrons. The molecule has 0 aliphatic carbocycles. The topological polar surface area (TPSA) is 46.6 Å². The number of fused-ring (bicyclic) bond motifs is 2. The van der Waals surface area contributed by atoms with Crippen LogP contribution in [-0.2, 0) is 6.42 Å². The number of rotatable bonds is 7. The van der Waals surface area contributed by atoms with Crippen LogP contribution >= 0.6 is 23.2 Å². The molecule has 2 unspecified atom stereocenters. The zero-order valence-electron chi connectivity index (χ0n) is 19.1. The highest BCUT2D eigenvalue weighted by molar-refractivity contribution is 6.42. The molecule has 0 bridgehead atoms. The van der Waals surface area contributed by atoms with Crippen LogP contribution in [0.25, 0.3) is 10.8 Å². The average molecular weight is 504 g/mol. The number of benzene rings is 4. The fourth-order valence-corrected chi connectivity index (χ4v) is 4.91. The lowest BCUT2D eigenvalue weighted by Gasteiger charge is -2.31. The zero-order valence-corrected chi connectivity index (χ0v) is 20.6. The van der Waals surface area contributed by atoms with E-state index in [1.54, 1.807) is 30.3 Å². The molecular weight excluding hydrogens is 481 g/mol. The van der Waals surface area contributed by atoms with Gasteiger partial charge in [-0.25, -0.2) is 0 Å². The molecule has 0 fully saturated rings. The summed E-state index contributed by atoms with van der Waals surface area (Å²) in [5.41, 5.74) is 1.83.